The fraction of sp³-hybridized carbons (Fsp3) is 0.467. The Morgan fingerprint density at radius 1 is 1.30 bits per heavy atom. The minimum Gasteiger partial charge on any atom is -0.389 e. The van der Waals surface area contributed by atoms with Gasteiger partial charge in [-0.1, -0.05) is 25.1 Å². The minimum absolute atomic E-state index is 0.0520. The zero-order valence-corrected chi connectivity index (χ0v) is 11.9. The number of carbonyl (C=O) groups is 1. The molecule has 0 saturated heterocycles. The minimum atomic E-state index is -0.493. The first-order valence-corrected chi connectivity index (χ1v) is 7.39. The molecule has 2 saturated carbocycles. The molecule has 0 aliphatic heterocycles. The summed E-state index contributed by atoms with van der Waals surface area (Å²) in [5.74, 6) is 0.564. The molecule has 1 aromatic rings. The summed E-state index contributed by atoms with van der Waals surface area (Å²) in [5, 5.41) is 2.70. The third-order valence-electron chi connectivity index (χ3n) is 4.47. The Hall–Kier alpha value is -1.49. The molecule has 2 atom stereocenters. The highest BCUT2D eigenvalue weighted by atomic mass is 32.1. The molecule has 2 unspecified atom stereocenters. The number of nitrogens with one attached hydrogen (secondary N) is 1. The molecular weight excluding hydrogens is 275 g/mol. The van der Waals surface area contributed by atoms with Crippen LogP contribution in [0.15, 0.2) is 18.2 Å². The lowest BCUT2D eigenvalue weighted by atomic mass is 10.0. The molecule has 20 heavy (non-hydrogen) atoms. The number of anilines is 1. The molecule has 3 nitrogen and oxygen atoms in total. The van der Waals surface area contributed by atoms with Crippen molar-refractivity contribution >= 4 is 28.8 Å². The van der Waals surface area contributed by atoms with E-state index < -0.39 is 5.82 Å². The van der Waals surface area contributed by atoms with Crippen LogP contribution >= 0.6 is 12.2 Å². The lowest BCUT2D eigenvalue weighted by Crippen LogP contribution is -2.17. The molecule has 0 heterocycles. The Labute approximate surface area is 122 Å². The van der Waals surface area contributed by atoms with Crippen LogP contribution in [0.5, 0.6) is 0 Å². The Bertz CT molecular complexity index is 563. The van der Waals surface area contributed by atoms with Gasteiger partial charge in [0.2, 0.25) is 5.91 Å². The highest BCUT2D eigenvalue weighted by Crippen LogP contribution is 2.55. The maximum atomic E-state index is 13.9. The molecule has 2 aliphatic carbocycles. The molecule has 3 N–H and O–H groups in total. The van der Waals surface area contributed by atoms with E-state index in [1.165, 1.54) is 25.0 Å². The van der Waals surface area contributed by atoms with Gasteiger partial charge in [0.1, 0.15) is 10.8 Å². The zero-order valence-electron chi connectivity index (χ0n) is 11.1. The Kier molecular flexibility index (Phi) is 3.46. The summed E-state index contributed by atoms with van der Waals surface area (Å²) in [4.78, 5) is 12.3. The van der Waals surface area contributed by atoms with E-state index in [1.54, 1.807) is 6.07 Å². The van der Waals surface area contributed by atoms with Crippen LogP contribution in [0.4, 0.5) is 10.1 Å². The Morgan fingerprint density at radius 3 is 2.50 bits per heavy atom. The average molecular weight is 292 g/mol. The monoisotopic (exact) mass is 292 g/mol. The average Bonchev–Trinajstić information content (AvgIpc) is 3.15. The molecule has 0 aromatic heterocycles. The predicted octanol–water partition coefficient (Wildman–Crippen LogP) is 2.83. The first kappa shape index (κ1) is 13.5. The lowest BCUT2D eigenvalue weighted by molar-refractivity contribution is -0.117. The van der Waals surface area contributed by atoms with E-state index >= 15 is 0 Å². The molecule has 0 radical (unpaired) electrons. The van der Waals surface area contributed by atoms with Gasteiger partial charge in [-0.3, -0.25) is 4.79 Å². The Morgan fingerprint density at radius 2 is 1.95 bits per heavy atom. The summed E-state index contributed by atoms with van der Waals surface area (Å²) in [6, 6.07) is 4.41. The molecule has 1 aromatic carbocycles. The summed E-state index contributed by atoms with van der Waals surface area (Å²) in [5.41, 5.74) is 6.12. The van der Waals surface area contributed by atoms with E-state index in [2.05, 4.69) is 5.32 Å². The highest BCUT2D eigenvalue weighted by molar-refractivity contribution is 7.80. The van der Waals surface area contributed by atoms with Crippen molar-refractivity contribution in [3.8, 4) is 0 Å². The van der Waals surface area contributed by atoms with Gasteiger partial charge in [0.25, 0.3) is 0 Å². The van der Waals surface area contributed by atoms with Crippen LogP contribution in [-0.4, -0.2) is 10.9 Å². The zero-order chi connectivity index (χ0) is 14.3. The largest absolute Gasteiger partial charge is 0.389 e. The number of carbonyl (C=O) groups excluding carboxylic acids is 1. The van der Waals surface area contributed by atoms with E-state index in [9.17, 15) is 9.18 Å². The summed E-state index contributed by atoms with van der Waals surface area (Å²) < 4.78 is 13.9. The number of thiocarbonyl (C=S) groups is 1. The smallest absolute Gasteiger partial charge is 0.228 e. The number of hydrogen-bond acceptors (Lipinski definition) is 2. The van der Waals surface area contributed by atoms with E-state index in [0.29, 0.717) is 17.4 Å². The fourth-order valence-corrected chi connectivity index (χ4v) is 3.49. The SMILES string of the molecule is NC(=S)c1ccc(NC(=O)C2C3CCCCC32)c(F)c1. The van der Waals surface area contributed by atoms with E-state index in [4.69, 9.17) is 18.0 Å². The van der Waals surface area contributed by atoms with Crippen LogP contribution in [0.3, 0.4) is 0 Å². The van der Waals surface area contributed by atoms with Crippen molar-refractivity contribution in [2.45, 2.75) is 25.7 Å². The van der Waals surface area contributed by atoms with E-state index in [1.807, 2.05) is 0 Å². The first-order chi connectivity index (χ1) is 9.58. The number of benzene rings is 1. The second-order valence-corrected chi connectivity index (χ2v) is 6.13. The van der Waals surface area contributed by atoms with Gasteiger partial charge in [0, 0.05) is 11.5 Å². The van der Waals surface area contributed by atoms with Crippen LogP contribution < -0.4 is 11.1 Å². The molecule has 2 aliphatic rings. The number of nitrogens with two attached hydrogens (primary N) is 1. The quantitative estimate of drug-likeness (QED) is 0.842. The van der Waals surface area contributed by atoms with Crippen molar-refractivity contribution < 1.29 is 9.18 Å². The molecule has 106 valence electrons. The van der Waals surface area contributed by atoms with Gasteiger partial charge in [0.05, 0.1) is 5.69 Å². The van der Waals surface area contributed by atoms with Crippen LogP contribution in [-0.2, 0) is 4.79 Å². The molecule has 2 fully saturated rings. The number of hydrogen-bond donors (Lipinski definition) is 2. The Balaban J connectivity index is 1.69. The van der Waals surface area contributed by atoms with Gasteiger partial charge in [-0.05, 0) is 42.9 Å². The molecule has 1 amide bonds. The van der Waals surface area contributed by atoms with Crippen molar-refractivity contribution in [3.05, 3.63) is 29.6 Å². The van der Waals surface area contributed by atoms with Gasteiger partial charge in [-0.25, -0.2) is 4.39 Å². The van der Waals surface area contributed by atoms with Crippen LogP contribution in [0, 0.1) is 23.6 Å². The van der Waals surface area contributed by atoms with E-state index in [-0.39, 0.29) is 22.5 Å². The number of rotatable bonds is 3. The lowest BCUT2D eigenvalue weighted by Gasteiger charge is -2.07. The number of halogens is 1. The maximum absolute atomic E-state index is 13.9. The predicted molar refractivity (Wildman–Crippen MR) is 79.9 cm³/mol. The van der Waals surface area contributed by atoms with Gasteiger partial charge >= 0.3 is 0 Å². The van der Waals surface area contributed by atoms with Crippen LogP contribution in [0.2, 0.25) is 0 Å². The summed E-state index contributed by atoms with van der Waals surface area (Å²) in [6.45, 7) is 0. The molecule has 0 spiro atoms. The highest BCUT2D eigenvalue weighted by Gasteiger charge is 2.54. The van der Waals surface area contributed by atoms with E-state index in [0.717, 1.165) is 12.8 Å². The molecule has 3 rings (SSSR count). The van der Waals surface area contributed by atoms with Crippen LogP contribution in [0.1, 0.15) is 31.2 Å². The molecule has 5 heteroatoms. The third-order valence-corrected chi connectivity index (χ3v) is 4.71. The third kappa shape index (κ3) is 2.42. The van der Waals surface area contributed by atoms with Gasteiger partial charge in [-0.15, -0.1) is 0 Å². The molecular formula is C15H17FN2OS. The standard InChI is InChI=1S/C15H17FN2OS/c16-11-7-8(14(17)20)5-6-12(11)18-15(19)13-9-3-1-2-4-10(9)13/h5-7,9-10,13H,1-4H2,(H2,17,20)(H,18,19). The number of fused-ring (bicyclic) bond motifs is 1. The maximum Gasteiger partial charge on any atom is 0.228 e. The number of amides is 1. The first-order valence-electron chi connectivity index (χ1n) is 6.98. The van der Waals surface area contributed by atoms with Crippen molar-refractivity contribution in [2.75, 3.05) is 5.32 Å². The summed E-state index contributed by atoms with van der Waals surface area (Å²) in [6.07, 6.45) is 4.68. The summed E-state index contributed by atoms with van der Waals surface area (Å²) >= 11 is 4.80. The van der Waals surface area contributed by atoms with Crippen molar-refractivity contribution in [1.29, 1.82) is 0 Å². The van der Waals surface area contributed by atoms with Crippen molar-refractivity contribution in [3.63, 3.8) is 0 Å². The van der Waals surface area contributed by atoms with Crippen molar-refractivity contribution in [1.82, 2.24) is 0 Å². The normalized spacial score (nSPS) is 27.6. The second kappa shape index (κ2) is 5.13. The second-order valence-electron chi connectivity index (χ2n) is 5.69. The topological polar surface area (TPSA) is 55.1 Å². The van der Waals surface area contributed by atoms with Gasteiger partial charge in [0.15, 0.2) is 0 Å². The van der Waals surface area contributed by atoms with Gasteiger partial charge in [-0.2, -0.15) is 0 Å². The summed E-state index contributed by atoms with van der Waals surface area (Å²) in [7, 11) is 0. The molecule has 0 bridgehead atoms. The van der Waals surface area contributed by atoms with Gasteiger partial charge < -0.3 is 11.1 Å². The van der Waals surface area contributed by atoms with Crippen LogP contribution in [0.25, 0.3) is 0 Å². The van der Waals surface area contributed by atoms with Crippen molar-refractivity contribution in [2.24, 2.45) is 23.5 Å². The fourth-order valence-electron chi connectivity index (χ4n) is 3.37.